The van der Waals surface area contributed by atoms with Crippen LogP contribution in [-0.4, -0.2) is 44.2 Å². The summed E-state index contributed by atoms with van der Waals surface area (Å²) in [6.07, 6.45) is 0. The Kier molecular flexibility index (Phi) is 7.29. The van der Waals surface area contributed by atoms with Crippen molar-refractivity contribution in [2.75, 3.05) is 27.3 Å². The average Bonchev–Trinajstić information content (AvgIpc) is 2.60. The Morgan fingerprint density at radius 3 is 2.40 bits per heavy atom. The zero-order valence-corrected chi connectivity index (χ0v) is 15.1. The van der Waals surface area contributed by atoms with Gasteiger partial charge in [-0.25, -0.2) is 0 Å². The fourth-order valence-electron chi connectivity index (χ4n) is 2.67. The van der Waals surface area contributed by atoms with Crippen LogP contribution < -0.4 is 14.8 Å². The highest BCUT2D eigenvalue weighted by molar-refractivity contribution is 5.77. The van der Waals surface area contributed by atoms with E-state index in [0.29, 0.717) is 11.5 Å². The molecule has 25 heavy (non-hydrogen) atoms. The Bertz CT molecular complexity index is 661. The molecule has 0 aliphatic heterocycles. The maximum Gasteiger partial charge on any atom is 0.258 e. The minimum atomic E-state index is -0.147. The Hall–Kier alpha value is -2.53. The summed E-state index contributed by atoms with van der Waals surface area (Å²) in [5.74, 6) is 1.03. The summed E-state index contributed by atoms with van der Waals surface area (Å²) in [4.78, 5) is 14.3. The van der Waals surface area contributed by atoms with Crippen molar-refractivity contribution in [2.45, 2.75) is 19.5 Å². The van der Waals surface area contributed by atoms with Gasteiger partial charge in [0.25, 0.3) is 5.91 Å². The van der Waals surface area contributed by atoms with Gasteiger partial charge in [0.15, 0.2) is 18.1 Å². The van der Waals surface area contributed by atoms with Crippen LogP contribution in [0.5, 0.6) is 11.5 Å². The van der Waals surface area contributed by atoms with Crippen molar-refractivity contribution in [1.82, 2.24) is 10.2 Å². The molecule has 2 rings (SSSR count). The highest BCUT2D eigenvalue weighted by Gasteiger charge is 2.12. The molecule has 1 atom stereocenters. The quantitative estimate of drug-likeness (QED) is 0.761. The van der Waals surface area contributed by atoms with Crippen molar-refractivity contribution in [3.63, 3.8) is 0 Å². The zero-order chi connectivity index (χ0) is 18.1. The third-order valence-electron chi connectivity index (χ3n) is 3.72. The molecule has 5 heteroatoms. The number of likely N-dealkylation sites (N-methyl/N-ethyl adjacent to an activating group) is 1. The lowest BCUT2D eigenvalue weighted by atomic mass is 10.2. The first kappa shape index (κ1) is 18.8. The van der Waals surface area contributed by atoms with E-state index in [1.165, 1.54) is 5.56 Å². The topological polar surface area (TPSA) is 50.8 Å². The van der Waals surface area contributed by atoms with Crippen molar-refractivity contribution in [2.24, 2.45) is 0 Å². The van der Waals surface area contributed by atoms with Gasteiger partial charge in [0.1, 0.15) is 0 Å². The lowest BCUT2D eigenvalue weighted by Gasteiger charge is -2.22. The average molecular weight is 342 g/mol. The minimum Gasteiger partial charge on any atom is -0.493 e. The lowest BCUT2D eigenvalue weighted by molar-refractivity contribution is -0.123. The number of para-hydroxylation sites is 2. The summed E-state index contributed by atoms with van der Waals surface area (Å²) < 4.78 is 10.7. The molecular weight excluding hydrogens is 316 g/mol. The highest BCUT2D eigenvalue weighted by atomic mass is 16.5. The van der Waals surface area contributed by atoms with Crippen LogP contribution in [0.1, 0.15) is 12.5 Å². The fraction of sp³-hybridized carbons (Fsp3) is 0.350. The van der Waals surface area contributed by atoms with Crippen LogP contribution in [0.2, 0.25) is 0 Å². The Balaban J connectivity index is 1.74. The number of nitrogens with zero attached hydrogens (tertiary/aromatic N) is 1. The van der Waals surface area contributed by atoms with Gasteiger partial charge in [-0.15, -0.1) is 0 Å². The predicted octanol–water partition coefficient (Wildman–Crippen LogP) is 2.71. The van der Waals surface area contributed by atoms with E-state index in [9.17, 15) is 4.79 Å². The standard InChI is InChI=1S/C20H26N2O3/c1-16(13-22(2)14-17-9-5-4-6-10-17)21-20(23)15-25-19-12-8-7-11-18(19)24-3/h4-12,16H,13-15H2,1-3H3,(H,21,23). The molecule has 1 N–H and O–H groups in total. The minimum absolute atomic E-state index is 0.0301. The van der Waals surface area contributed by atoms with E-state index >= 15 is 0 Å². The molecule has 0 bridgehead atoms. The van der Waals surface area contributed by atoms with Crippen LogP contribution in [0.4, 0.5) is 0 Å². The second kappa shape index (κ2) is 9.69. The van der Waals surface area contributed by atoms with Crippen LogP contribution in [0.15, 0.2) is 54.6 Å². The summed E-state index contributed by atoms with van der Waals surface area (Å²) in [5.41, 5.74) is 1.25. The van der Waals surface area contributed by atoms with Gasteiger partial charge < -0.3 is 19.7 Å². The fourth-order valence-corrected chi connectivity index (χ4v) is 2.67. The Labute approximate surface area is 149 Å². The van der Waals surface area contributed by atoms with Crippen LogP contribution in [0, 0.1) is 0 Å². The molecule has 1 amide bonds. The molecule has 0 spiro atoms. The first-order valence-electron chi connectivity index (χ1n) is 8.36. The number of carbonyl (C=O) groups excluding carboxylic acids is 1. The van der Waals surface area contributed by atoms with Gasteiger partial charge in [0, 0.05) is 19.1 Å². The summed E-state index contributed by atoms with van der Waals surface area (Å²) in [5, 5.41) is 2.96. The molecule has 0 saturated heterocycles. The van der Waals surface area contributed by atoms with E-state index in [4.69, 9.17) is 9.47 Å². The normalized spacial score (nSPS) is 11.8. The molecule has 0 heterocycles. The molecular formula is C20H26N2O3. The van der Waals surface area contributed by atoms with Gasteiger partial charge in [-0.2, -0.15) is 0 Å². The zero-order valence-electron chi connectivity index (χ0n) is 15.1. The van der Waals surface area contributed by atoms with Gasteiger partial charge in [0.05, 0.1) is 7.11 Å². The van der Waals surface area contributed by atoms with E-state index in [0.717, 1.165) is 13.1 Å². The van der Waals surface area contributed by atoms with Gasteiger partial charge in [-0.05, 0) is 31.7 Å². The second-order valence-electron chi connectivity index (χ2n) is 6.09. The molecule has 2 aromatic rings. The SMILES string of the molecule is COc1ccccc1OCC(=O)NC(C)CN(C)Cc1ccccc1. The largest absolute Gasteiger partial charge is 0.493 e. The number of rotatable bonds is 9. The molecule has 0 aromatic heterocycles. The van der Waals surface area contributed by atoms with Crippen LogP contribution in [0.3, 0.4) is 0 Å². The number of carbonyl (C=O) groups is 1. The van der Waals surface area contributed by atoms with Crippen molar-refractivity contribution < 1.29 is 14.3 Å². The second-order valence-corrected chi connectivity index (χ2v) is 6.09. The van der Waals surface area contributed by atoms with E-state index < -0.39 is 0 Å². The first-order chi connectivity index (χ1) is 12.1. The molecule has 0 aliphatic carbocycles. The number of ether oxygens (including phenoxy) is 2. The number of hydrogen-bond donors (Lipinski definition) is 1. The van der Waals surface area contributed by atoms with Gasteiger partial charge in [0.2, 0.25) is 0 Å². The van der Waals surface area contributed by atoms with E-state index in [2.05, 4.69) is 22.3 Å². The van der Waals surface area contributed by atoms with E-state index in [-0.39, 0.29) is 18.6 Å². The molecule has 0 saturated carbocycles. The lowest BCUT2D eigenvalue weighted by Crippen LogP contribution is -2.42. The summed E-state index contributed by atoms with van der Waals surface area (Å²) in [6, 6.07) is 17.6. The summed E-state index contributed by atoms with van der Waals surface area (Å²) in [7, 11) is 3.62. The third-order valence-corrected chi connectivity index (χ3v) is 3.72. The van der Waals surface area contributed by atoms with E-state index in [1.54, 1.807) is 19.2 Å². The summed E-state index contributed by atoms with van der Waals surface area (Å²) in [6.45, 7) is 3.56. The van der Waals surface area contributed by atoms with Crippen molar-refractivity contribution >= 4 is 5.91 Å². The number of hydrogen-bond acceptors (Lipinski definition) is 4. The number of methoxy groups -OCH3 is 1. The Morgan fingerprint density at radius 2 is 1.72 bits per heavy atom. The van der Waals surface area contributed by atoms with Gasteiger partial charge >= 0.3 is 0 Å². The van der Waals surface area contributed by atoms with Crippen LogP contribution in [-0.2, 0) is 11.3 Å². The molecule has 0 radical (unpaired) electrons. The monoisotopic (exact) mass is 342 g/mol. The smallest absolute Gasteiger partial charge is 0.258 e. The highest BCUT2D eigenvalue weighted by Crippen LogP contribution is 2.25. The molecule has 2 aromatic carbocycles. The molecule has 0 aliphatic rings. The summed E-state index contributed by atoms with van der Waals surface area (Å²) >= 11 is 0. The van der Waals surface area contributed by atoms with Crippen molar-refractivity contribution in [1.29, 1.82) is 0 Å². The van der Waals surface area contributed by atoms with Gasteiger partial charge in [-0.1, -0.05) is 42.5 Å². The predicted molar refractivity (Wildman–Crippen MR) is 98.9 cm³/mol. The van der Waals surface area contributed by atoms with Crippen LogP contribution in [0.25, 0.3) is 0 Å². The molecule has 1 unspecified atom stereocenters. The molecule has 0 fully saturated rings. The first-order valence-corrected chi connectivity index (χ1v) is 8.36. The van der Waals surface area contributed by atoms with E-state index in [1.807, 2.05) is 44.3 Å². The number of amides is 1. The Morgan fingerprint density at radius 1 is 1.08 bits per heavy atom. The maximum atomic E-state index is 12.1. The number of nitrogens with one attached hydrogen (secondary N) is 1. The van der Waals surface area contributed by atoms with Crippen molar-refractivity contribution in [3.8, 4) is 11.5 Å². The third kappa shape index (κ3) is 6.47. The maximum absolute atomic E-state index is 12.1. The van der Waals surface area contributed by atoms with Crippen molar-refractivity contribution in [3.05, 3.63) is 60.2 Å². The molecule has 5 nitrogen and oxygen atoms in total. The van der Waals surface area contributed by atoms with Gasteiger partial charge in [-0.3, -0.25) is 4.79 Å². The number of benzene rings is 2. The molecule has 134 valence electrons. The van der Waals surface area contributed by atoms with Crippen LogP contribution >= 0.6 is 0 Å².